The van der Waals surface area contributed by atoms with Gasteiger partial charge in [0.25, 0.3) is 0 Å². The predicted octanol–water partition coefficient (Wildman–Crippen LogP) is 2.38. The molecule has 4 rings (SSSR count). The van der Waals surface area contributed by atoms with Gasteiger partial charge in [0.15, 0.2) is 5.65 Å². The van der Waals surface area contributed by atoms with E-state index in [9.17, 15) is 0 Å². The van der Waals surface area contributed by atoms with Gasteiger partial charge in [-0.3, -0.25) is 0 Å². The Hall–Kier alpha value is -2.63. The zero-order valence-corrected chi connectivity index (χ0v) is 11.5. The second-order valence-corrected chi connectivity index (χ2v) is 5.46. The SMILES string of the molecule is Nc1ccc(-c2nn(C3CCC3)c3ncnc(N)c23)cc1. The van der Waals surface area contributed by atoms with Crippen LogP contribution in [-0.4, -0.2) is 19.7 Å². The molecule has 21 heavy (non-hydrogen) atoms. The van der Waals surface area contributed by atoms with Gasteiger partial charge in [0.05, 0.1) is 11.4 Å². The summed E-state index contributed by atoms with van der Waals surface area (Å²) in [5.74, 6) is 0.470. The largest absolute Gasteiger partial charge is 0.399 e. The van der Waals surface area contributed by atoms with Crippen molar-refractivity contribution in [3.05, 3.63) is 30.6 Å². The minimum absolute atomic E-state index is 0.421. The van der Waals surface area contributed by atoms with Gasteiger partial charge in [0.2, 0.25) is 0 Å². The quantitative estimate of drug-likeness (QED) is 0.703. The fraction of sp³-hybridized carbons (Fsp3) is 0.267. The van der Waals surface area contributed by atoms with Crippen molar-refractivity contribution in [1.29, 1.82) is 0 Å². The maximum atomic E-state index is 6.07. The molecule has 0 atom stereocenters. The molecule has 0 radical (unpaired) electrons. The molecule has 1 fully saturated rings. The summed E-state index contributed by atoms with van der Waals surface area (Å²) in [6, 6.07) is 8.06. The van der Waals surface area contributed by atoms with Crippen molar-refractivity contribution >= 4 is 22.5 Å². The van der Waals surface area contributed by atoms with E-state index < -0.39 is 0 Å². The summed E-state index contributed by atoms with van der Waals surface area (Å²) < 4.78 is 2.00. The van der Waals surface area contributed by atoms with Crippen LogP contribution in [0.2, 0.25) is 0 Å². The first kappa shape index (κ1) is 12.1. The van der Waals surface area contributed by atoms with Crippen LogP contribution in [0.1, 0.15) is 25.3 Å². The first-order valence-corrected chi connectivity index (χ1v) is 7.08. The Morgan fingerprint density at radius 3 is 2.48 bits per heavy atom. The van der Waals surface area contributed by atoms with Crippen LogP contribution in [0.25, 0.3) is 22.3 Å². The Bertz CT molecular complexity index is 801. The standard InChI is InChI=1S/C15H16N6/c16-10-6-4-9(5-7-10)13-12-14(17)18-8-19-15(12)21(20-13)11-2-1-3-11/h4-8,11H,1-3,16H2,(H2,17,18,19). The van der Waals surface area contributed by atoms with Crippen molar-refractivity contribution < 1.29 is 0 Å². The molecule has 2 aromatic heterocycles. The van der Waals surface area contributed by atoms with E-state index in [-0.39, 0.29) is 0 Å². The van der Waals surface area contributed by atoms with Gasteiger partial charge in [0, 0.05) is 11.3 Å². The molecule has 0 unspecified atom stereocenters. The third-order valence-electron chi connectivity index (χ3n) is 4.12. The van der Waals surface area contributed by atoms with Gasteiger partial charge in [-0.2, -0.15) is 5.10 Å². The Balaban J connectivity index is 1.97. The molecule has 0 aliphatic heterocycles. The summed E-state index contributed by atoms with van der Waals surface area (Å²) in [4.78, 5) is 8.51. The van der Waals surface area contributed by atoms with Crippen LogP contribution in [0.4, 0.5) is 11.5 Å². The van der Waals surface area contributed by atoms with E-state index in [4.69, 9.17) is 16.6 Å². The molecule has 0 saturated heterocycles. The zero-order chi connectivity index (χ0) is 14.4. The normalized spacial score (nSPS) is 15.2. The van der Waals surface area contributed by atoms with Gasteiger partial charge in [-0.25, -0.2) is 14.6 Å². The van der Waals surface area contributed by atoms with E-state index in [1.165, 1.54) is 12.7 Å². The highest BCUT2D eigenvalue weighted by Gasteiger charge is 2.25. The third-order valence-corrected chi connectivity index (χ3v) is 4.12. The van der Waals surface area contributed by atoms with Gasteiger partial charge >= 0.3 is 0 Å². The van der Waals surface area contributed by atoms with Crippen molar-refractivity contribution in [2.45, 2.75) is 25.3 Å². The number of hydrogen-bond acceptors (Lipinski definition) is 5. The third kappa shape index (κ3) is 1.83. The van der Waals surface area contributed by atoms with Gasteiger partial charge in [-0.15, -0.1) is 0 Å². The molecular weight excluding hydrogens is 264 g/mol. The molecule has 3 aromatic rings. The maximum Gasteiger partial charge on any atom is 0.164 e. The van der Waals surface area contributed by atoms with Crippen LogP contribution in [0.15, 0.2) is 30.6 Å². The van der Waals surface area contributed by atoms with Crippen molar-refractivity contribution in [2.24, 2.45) is 0 Å². The second kappa shape index (κ2) is 4.44. The number of aromatic nitrogens is 4. The van der Waals surface area contributed by atoms with Crippen LogP contribution in [0, 0.1) is 0 Å². The summed E-state index contributed by atoms with van der Waals surface area (Å²) in [5.41, 5.74) is 15.2. The topological polar surface area (TPSA) is 95.6 Å². The lowest BCUT2D eigenvalue weighted by atomic mass is 9.93. The van der Waals surface area contributed by atoms with Gasteiger partial charge in [0.1, 0.15) is 17.8 Å². The van der Waals surface area contributed by atoms with E-state index in [0.29, 0.717) is 11.9 Å². The molecule has 1 aliphatic rings. The lowest BCUT2D eigenvalue weighted by Crippen LogP contribution is -2.18. The fourth-order valence-electron chi connectivity index (χ4n) is 2.72. The average molecular weight is 280 g/mol. The minimum Gasteiger partial charge on any atom is -0.399 e. The van der Waals surface area contributed by atoms with Gasteiger partial charge in [-0.1, -0.05) is 12.1 Å². The van der Waals surface area contributed by atoms with Crippen molar-refractivity contribution in [2.75, 3.05) is 11.5 Å². The monoisotopic (exact) mass is 280 g/mol. The maximum absolute atomic E-state index is 6.07. The molecule has 6 nitrogen and oxygen atoms in total. The summed E-state index contributed by atoms with van der Waals surface area (Å²) in [5, 5.41) is 5.59. The summed E-state index contributed by atoms with van der Waals surface area (Å²) in [6.45, 7) is 0. The van der Waals surface area contributed by atoms with E-state index >= 15 is 0 Å². The number of hydrogen-bond donors (Lipinski definition) is 2. The van der Waals surface area contributed by atoms with Crippen LogP contribution < -0.4 is 11.5 Å². The average Bonchev–Trinajstić information content (AvgIpc) is 2.79. The first-order chi connectivity index (χ1) is 10.2. The van der Waals surface area contributed by atoms with E-state index in [1.54, 1.807) is 0 Å². The molecule has 106 valence electrons. The first-order valence-electron chi connectivity index (χ1n) is 7.08. The van der Waals surface area contributed by atoms with Crippen LogP contribution in [0.3, 0.4) is 0 Å². The van der Waals surface area contributed by atoms with E-state index in [2.05, 4.69) is 9.97 Å². The molecule has 4 N–H and O–H groups in total. The van der Waals surface area contributed by atoms with Crippen LogP contribution >= 0.6 is 0 Å². The molecule has 1 aliphatic carbocycles. The molecule has 0 bridgehead atoms. The Kier molecular flexibility index (Phi) is 2.57. The number of fused-ring (bicyclic) bond motifs is 1. The highest BCUT2D eigenvalue weighted by molar-refractivity contribution is 5.98. The molecule has 0 spiro atoms. The van der Waals surface area contributed by atoms with Gasteiger partial charge in [-0.05, 0) is 31.4 Å². The summed E-state index contributed by atoms with van der Waals surface area (Å²) >= 11 is 0. The van der Waals surface area contributed by atoms with Crippen LogP contribution in [0.5, 0.6) is 0 Å². The lowest BCUT2D eigenvalue weighted by molar-refractivity contribution is 0.296. The predicted molar refractivity (Wildman–Crippen MR) is 82.5 cm³/mol. The highest BCUT2D eigenvalue weighted by Crippen LogP contribution is 2.37. The smallest absolute Gasteiger partial charge is 0.164 e. The van der Waals surface area contributed by atoms with Gasteiger partial charge < -0.3 is 11.5 Å². The lowest BCUT2D eigenvalue weighted by Gasteiger charge is -2.25. The molecule has 2 heterocycles. The molecule has 0 amide bonds. The molecule has 1 aromatic carbocycles. The molecule has 6 heteroatoms. The number of nitrogen functional groups attached to an aromatic ring is 2. The fourth-order valence-corrected chi connectivity index (χ4v) is 2.72. The Morgan fingerprint density at radius 2 is 1.81 bits per heavy atom. The van der Waals surface area contributed by atoms with E-state index in [0.717, 1.165) is 40.8 Å². The summed E-state index contributed by atoms with van der Waals surface area (Å²) in [7, 11) is 0. The number of anilines is 2. The van der Waals surface area contributed by atoms with Crippen LogP contribution in [-0.2, 0) is 0 Å². The van der Waals surface area contributed by atoms with Crippen molar-refractivity contribution in [3.63, 3.8) is 0 Å². The van der Waals surface area contributed by atoms with Crippen molar-refractivity contribution in [3.8, 4) is 11.3 Å². The Labute approximate surface area is 121 Å². The van der Waals surface area contributed by atoms with E-state index in [1.807, 2.05) is 28.9 Å². The Morgan fingerprint density at radius 1 is 1.05 bits per heavy atom. The molecule has 1 saturated carbocycles. The van der Waals surface area contributed by atoms with Crippen molar-refractivity contribution in [1.82, 2.24) is 19.7 Å². The second-order valence-electron chi connectivity index (χ2n) is 5.46. The molecular formula is C15H16N6. The summed E-state index contributed by atoms with van der Waals surface area (Å²) in [6.07, 6.45) is 5.02. The number of rotatable bonds is 2. The number of nitrogens with two attached hydrogens (primary N) is 2. The minimum atomic E-state index is 0.421. The zero-order valence-electron chi connectivity index (χ0n) is 11.5. The highest BCUT2D eigenvalue weighted by atomic mass is 15.3. The number of benzene rings is 1. The number of nitrogens with zero attached hydrogens (tertiary/aromatic N) is 4.